The summed E-state index contributed by atoms with van der Waals surface area (Å²) < 4.78 is 12.6. The number of hydrogen-bond acceptors (Lipinski definition) is 4. The molecule has 1 aliphatic heterocycles. The molecule has 0 saturated carbocycles. The molecule has 1 heterocycles. The fourth-order valence-electron chi connectivity index (χ4n) is 3.54. The summed E-state index contributed by atoms with van der Waals surface area (Å²) >= 11 is 9.45. The monoisotopic (exact) mass is 478 g/mol. The quantitative estimate of drug-likeness (QED) is 0.519. The van der Waals surface area contributed by atoms with E-state index in [0.717, 1.165) is 10.0 Å². The van der Waals surface area contributed by atoms with Gasteiger partial charge in [0.2, 0.25) is 0 Å². The Morgan fingerprint density at radius 1 is 1.10 bits per heavy atom. The first kappa shape index (κ1) is 21.9. The van der Waals surface area contributed by atoms with Crippen molar-refractivity contribution in [2.75, 3.05) is 0 Å². The molecule has 0 saturated heterocycles. The number of benzene rings is 2. The van der Waals surface area contributed by atoms with Crippen molar-refractivity contribution in [3.8, 4) is 11.5 Å². The standard InChI is InChI=1S/C23H24BrClO4/c1-6-13-7-9-15(28-18-10-8-14(25)11-17(18)24)12-16(13)19-20(26)22(2,3)29-23(4,5)21(19)27/h7-12,26H,6H2,1-5H3. The van der Waals surface area contributed by atoms with Gasteiger partial charge in [-0.15, -0.1) is 0 Å². The molecule has 1 N–H and O–H groups in total. The molecule has 29 heavy (non-hydrogen) atoms. The average Bonchev–Trinajstić information content (AvgIpc) is 2.62. The van der Waals surface area contributed by atoms with E-state index < -0.39 is 11.2 Å². The summed E-state index contributed by atoms with van der Waals surface area (Å²) in [7, 11) is 0. The van der Waals surface area contributed by atoms with Crippen LogP contribution in [0, 0.1) is 0 Å². The van der Waals surface area contributed by atoms with Crippen LogP contribution in [0.4, 0.5) is 0 Å². The number of hydrogen-bond donors (Lipinski definition) is 1. The highest BCUT2D eigenvalue weighted by atomic mass is 79.9. The Morgan fingerprint density at radius 3 is 2.41 bits per heavy atom. The van der Waals surface area contributed by atoms with Gasteiger partial charge in [-0.3, -0.25) is 4.79 Å². The van der Waals surface area contributed by atoms with E-state index in [9.17, 15) is 9.90 Å². The lowest BCUT2D eigenvalue weighted by Gasteiger charge is -2.40. The largest absolute Gasteiger partial charge is 0.508 e. The molecule has 154 valence electrons. The molecule has 6 heteroatoms. The predicted molar refractivity (Wildman–Crippen MR) is 119 cm³/mol. The van der Waals surface area contributed by atoms with Crippen LogP contribution < -0.4 is 4.74 Å². The van der Waals surface area contributed by atoms with Gasteiger partial charge in [0.1, 0.15) is 28.5 Å². The van der Waals surface area contributed by atoms with Crippen LogP contribution in [0.15, 0.2) is 46.6 Å². The third kappa shape index (κ3) is 4.23. The number of aliphatic hydroxyl groups is 1. The van der Waals surface area contributed by atoms with Gasteiger partial charge in [-0.2, -0.15) is 0 Å². The maximum atomic E-state index is 13.2. The highest BCUT2D eigenvalue weighted by Crippen LogP contribution is 2.42. The van der Waals surface area contributed by atoms with Gasteiger partial charge in [0, 0.05) is 5.02 Å². The molecule has 0 spiro atoms. The highest BCUT2D eigenvalue weighted by molar-refractivity contribution is 9.10. The lowest BCUT2D eigenvalue weighted by molar-refractivity contribution is -0.158. The number of ether oxygens (including phenoxy) is 2. The van der Waals surface area contributed by atoms with Gasteiger partial charge >= 0.3 is 0 Å². The van der Waals surface area contributed by atoms with Crippen molar-refractivity contribution in [1.82, 2.24) is 0 Å². The summed E-state index contributed by atoms with van der Waals surface area (Å²) in [6, 6.07) is 10.8. The van der Waals surface area contributed by atoms with Crippen LogP contribution in [0.1, 0.15) is 45.7 Å². The maximum absolute atomic E-state index is 13.2. The van der Waals surface area contributed by atoms with Gasteiger partial charge in [0.15, 0.2) is 5.78 Å². The zero-order chi connectivity index (χ0) is 21.6. The number of carbonyl (C=O) groups excluding carboxylic acids is 1. The molecule has 2 aromatic carbocycles. The smallest absolute Gasteiger partial charge is 0.198 e. The van der Waals surface area contributed by atoms with E-state index in [4.69, 9.17) is 21.1 Å². The van der Waals surface area contributed by atoms with E-state index in [0.29, 0.717) is 28.5 Å². The van der Waals surface area contributed by atoms with Crippen molar-refractivity contribution in [2.24, 2.45) is 0 Å². The van der Waals surface area contributed by atoms with Crippen molar-refractivity contribution in [3.63, 3.8) is 0 Å². The second-order valence-electron chi connectivity index (χ2n) is 8.02. The minimum atomic E-state index is -1.05. The summed E-state index contributed by atoms with van der Waals surface area (Å²) in [4.78, 5) is 13.2. The Morgan fingerprint density at radius 2 is 1.79 bits per heavy atom. The fraction of sp³-hybridized carbons (Fsp3) is 0.348. The predicted octanol–water partition coefficient (Wildman–Crippen LogP) is 6.88. The number of aliphatic hydroxyl groups excluding tert-OH is 1. The maximum Gasteiger partial charge on any atom is 0.198 e. The zero-order valence-corrected chi connectivity index (χ0v) is 19.4. The van der Waals surface area contributed by atoms with E-state index in [-0.39, 0.29) is 17.1 Å². The van der Waals surface area contributed by atoms with Crippen LogP contribution in [-0.4, -0.2) is 22.1 Å². The van der Waals surface area contributed by atoms with Crippen molar-refractivity contribution >= 4 is 38.9 Å². The number of aryl methyl sites for hydroxylation is 1. The van der Waals surface area contributed by atoms with Gasteiger partial charge in [-0.05, 0) is 91.5 Å². The molecular weight excluding hydrogens is 456 g/mol. The van der Waals surface area contributed by atoms with Gasteiger partial charge in [-0.25, -0.2) is 0 Å². The van der Waals surface area contributed by atoms with E-state index in [1.807, 2.05) is 19.1 Å². The minimum absolute atomic E-state index is 0.0682. The summed E-state index contributed by atoms with van der Waals surface area (Å²) in [6.07, 6.45) is 0.700. The van der Waals surface area contributed by atoms with Gasteiger partial charge in [-0.1, -0.05) is 24.6 Å². The summed E-state index contributed by atoms with van der Waals surface area (Å²) in [5.74, 6) is 0.826. The Kier molecular flexibility index (Phi) is 5.87. The molecule has 3 rings (SSSR count). The second kappa shape index (κ2) is 7.78. The molecule has 0 unspecified atom stereocenters. The molecule has 1 aliphatic rings. The first-order chi connectivity index (χ1) is 13.5. The van der Waals surface area contributed by atoms with Gasteiger partial charge in [0.05, 0.1) is 10.0 Å². The Labute approximate surface area is 184 Å². The number of ketones is 1. The first-order valence-corrected chi connectivity index (χ1v) is 10.6. The molecule has 4 nitrogen and oxygen atoms in total. The minimum Gasteiger partial charge on any atom is -0.508 e. The fourth-order valence-corrected chi connectivity index (χ4v) is 4.30. The highest BCUT2D eigenvalue weighted by Gasteiger charge is 2.47. The summed E-state index contributed by atoms with van der Waals surface area (Å²) in [5, 5.41) is 11.5. The van der Waals surface area contributed by atoms with Crippen LogP contribution in [0.2, 0.25) is 5.02 Å². The molecule has 0 fully saturated rings. The van der Waals surface area contributed by atoms with Crippen molar-refractivity contribution in [3.05, 3.63) is 62.8 Å². The third-order valence-electron chi connectivity index (χ3n) is 4.94. The average molecular weight is 480 g/mol. The van der Waals surface area contributed by atoms with E-state index in [2.05, 4.69) is 15.9 Å². The van der Waals surface area contributed by atoms with Crippen LogP contribution in [-0.2, 0) is 16.0 Å². The van der Waals surface area contributed by atoms with Crippen LogP contribution >= 0.6 is 27.5 Å². The summed E-state index contributed by atoms with van der Waals surface area (Å²) in [5.41, 5.74) is -0.151. The second-order valence-corrected chi connectivity index (χ2v) is 9.32. The summed E-state index contributed by atoms with van der Waals surface area (Å²) in [6.45, 7) is 8.97. The van der Waals surface area contributed by atoms with E-state index in [1.165, 1.54) is 0 Å². The van der Waals surface area contributed by atoms with Crippen LogP contribution in [0.3, 0.4) is 0 Å². The van der Waals surface area contributed by atoms with Crippen LogP contribution in [0.25, 0.3) is 5.57 Å². The van der Waals surface area contributed by atoms with Crippen molar-refractivity contribution < 1.29 is 19.4 Å². The normalized spacial score (nSPS) is 18.1. The molecule has 0 amide bonds. The van der Waals surface area contributed by atoms with Crippen LogP contribution in [0.5, 0.6) is 11.5 Å². The number of halogens is 2. The first-order valence-electron chi connectivity index (χ1n) is 9.41. The molecule has 0 radical (unpaired) electrons. The van der Waals surface area contributed by atoms with Gasteiger partial charge in [0.25, 0.3) is 0 Å². The number of Topliss-reactive ketones (excluding diaryl/α,β-unsaturated/α-hetero) is 1. The van der Waals surface area contributed by atoms with Gasteiger partial charge < -0.3 is 14.6 Å². The topological polar surface area (TPSA) is 55.8 Å². The Balaban J connectivity index is 2.13. The third-order valence-corrected chi connectivity index (χ3v) is 5.80. The lowest BCUT2D eigenvalue weighted by atomic mass is 9.81. The molecule has 0 aliphatic carbocycles. The Hall–Kier alpha value is -1.82. The van der Waals surface area contributed by atoms with E-state index in [1.54, 1.807) is 52.0 Å². The molecular formula is C23H24BrClO4. The van der Waals surface area contributed by atoms with Crippen molar-refractivity contribution in [1.29, 1.82) is 0 Å². The molecule has 2 aromatic rings. The molecule has 0 atom stereocenters. The van der Waals surface area contributed by atoms with E-state index >= 15 is 0 Å². The SMILES string of the molecule is CCc1ccc(Oc2ccc(Cl)cc2Br)cc1C1=C(O)C(C)(C)OC(C)(C)C1=O. The molecule has 0 bridgehead atoms. The number of rotatable bonds is 4. The number of carbonyl (C=O) groups is 1. The lowest BCUT2D eigenvalue weighted by Crippen LogP contribution is -2.49. The van der Waals surface area contributed by atoms with Crippen molar-refractivity contribution in [2.45, 2.75) is 52.2 Å². The zero-order valence-electron chi connectivity index (χ0n) is 17.1. The Bertz CT molecular complexity index is 1010. The molecule has 0 aromatic heterocycles.